The summed E-state index contributed by atoms with van der Waals surface area (Å²) >= 11 is 0. The fourth-order valence-electron chi connectivity index (χ4n) is 2.16. The highest BCUT2D eigenvalue weighted by Crippen LogP contribution is 2.37. The van der Waals surface area contributed by atoms with Gasteiger partial charge in [-0.1, -0.05) is 26.8 Å². The van der Waals surface area contributed by atoms with Crippen molar-refractivity contribution in [3.63, 3.8) is 0 Å². The summed E-state index contributed by atoms with van der Waals surface area (Å²) in [6.45, 7) is 17.1. The van der Waals surface area contributed by atoms with Crippen molar-refractivity contribution in [3.8, 4) is 0 Å². The second-order valence-corrected chi connectivity index (χ2v) is 14.5. The quantitative estimate of drug-likeness (QED) is 0.349. The van der Waals surface area contributed by atoms with Crippen molar-refractivity contribution >= 4 is 26.0 Å². The van der Waals surface area contributed by atoms with Gasteiger partial charge in [0.05, 0.1) is 6.61 Å². The number of hydrogen-bond donors (Lipinski definition) is 3. The number of nitrogens with two attached hydrogens (primary N) is 1. The van der Waals surface area contributed by atoms with E-state index in [2.05, 4.69) is 44.5 Å². The Morgan fingerprint density at radius 3 is 2.17 bits per heavy atom. The molecule has 0 spiro atoms. The van der Waals surface area contributed by atoms with Gasteiger partial charge in [0.1, 0.15) is 5.60 Å². The van der Waals surface area contributed by atoms with E-state index in [1.54, 1.807) is 32.9 Å². The number of nitrogens with one attached hydrogen (secondary N) is 2. The molecule has 0 aliphatic carbocycles. The second kappa shape index (κ2) is 9.62. The Hall–Kier alpha value is -2.06. The van der Waals surface area contributed by atoms with E-state index in [1.165, 1.54) is 0 Å². The van der Waals surface area contributed by atoms with Crippen LogP contribution in [0.5, 0.6) is 0 Å². The number of ether oxygens (including phenoxy) is 1. The Morgan fingerprint density at radius 2 is 1.62 bits per heavy atom. The minimum absolute atomic E-state index is 0.0799. The lowest BCUT2D eigenvalue weighted by Gasteiger charge is -2.36. The van der Waals surface area contributed by atoms with Crippen molar-refractivity contribution in [2.75, 3.05) is 18.8 Å². The third-order valence-corrected chi connectivity index (χ3v) is 9.33. The van der Waals surface area contributed by atoms with Gasteiger partial charge in [-0.2, -0.15) is 0 Å². The fraction of sp³-hybridized carbons (Fsp3) is 0.619. The summed E-state index contributed by atoms with van der Waals surface area (Å²) < 4.78 is 11.4. The van der Waals surface area contributed by atoms with Gasteiger partial charge in [0, 0.05) is 24.3 Å². The van der Waals surface area contributed by atoms with Crippen LogP contribution in [0.4, 0.5) is 10.5 Å². The summed E-state index contributed by atoms with van der Waals surface area (Å²) in [4.78, 5) is 24.3. The number of carbonyl (C=O) groups is 2. The Balaban J connectivity index is 2.69. The third kappa shape index (κ3) is 8.45. The summed E-state index contributed by atoms with van der Waals surface area (Å²) in [7, 11) is -1.95. The van der Waals surface area contributed by atoms with Crippen LogP contribution in [-0.2, 0) is 15.8 Å². The van der Waals surface area contributed by atoms with Gasteiger partial charge < -0.3 is 25.5 Å². The minimum atomic E-state index is -1.95. The molecule has 0 atom stereocenters. The van der Waals surface area contributed by atoms with E-state index in [1.807, 2.05) is 6.07 Å². The Bertz CT molecular complexity index is 722. The normalized spacial score (nSPS) is 12.4. The summed E-state index contributed by atoms with van der Waals surface area (Å²) in [5.41, 5.74) is 7.11. The summed E-state index contributed by atoms with van der Waals surface area (Å²) in [5, 5.41) is 5.50. The molecule has 2 amide bonds. The maximum Gasteiger partial charge on any atom is 0.407 e. The largest absolute Gasteiger partial charge is 0.444 e. The van der Waals surface area contributed by atoms with E-state index >= 15 is 0 Å². The number of amides is 2. The molecule has 0 saturated carbocycles. The molecule has 0 bridgehead atoms. The molecule has 0 fully saturated rings. The van der Waals surface area contributed by atoms with Gasteiger partial charge in [-0.25, -0.2) is 4.79 Å². The molecule has 29 heavy (non-hydrogen) atoms. The van der Waals surface area contributed by atoms with Crippen LogP contribution in [0.1, 0.15) is 57.5 Å². The van der Waals surface area contributed by atoms with Crippen LogP contribution < -0.4 is 16.4 Å². The highest BCUT2D eigenvalue weighted by Gasteiger charge is 2.37. The van der Waals surface area contributed by atoms with Gasteiger partial charge in [-0.3, -0.25) is 4.79 Å². The van der Waals surface area contributed by atoms with Gasteiger partial charge >= 0.3 is 6.09 Å². The standard InChI is InChI=1S/C21H37N3O4Si/c1-20(2,3)28-19(26)24-12-11-23-18(25)17-13-16(22)10-9-15(17)14-27-29(7,8)21(4,5)6/h9-10,13H,11-12,14,22H2,1-8H3,(H,23,25)(H,24,26). The highest BCUT2D eigenvalue weighted by molar-refractivity contribution is 6.74. The van der Waals surface area contributed by atoms with Crippen molar-refractivity contribution < 1.29 is 18.8 Å². The van der Waals surface area contributed by atoms with Crippen molar-refractivity contribution in [1.29, 1.82) is 0 Å². The number of anilines is 1. The number of benzene rings is 1. The van der Waals surface area contributed by atoms with Crippen molar-refractivity contribution in [2.45, 2.75) is 71.9 Å². The lowest BCUT2D eigenvalue weighted by atomic mass is 10.1. The molecule has 0 radical (unpaired) electrons. The number of nitrogen functional groups attached to an aromatic ring is 1. The van der Waals surface area contributed by atoms with Gasteiger partial charge in [-0.05, 0) is 56.6 Å². The fourth-order valence-corrected chi connectivity index (χ4v) is 3.11. The zero-order valence-electron chi connectivity index (χ0n) is 19.1. The monoisotopic (exact) mass is 423 g/mol. The number of alkyl carbamates (subject to hydrolysis) is 1. The Morgan fingerprint density at radius 1 is 1.03 bits per heavy atom. The highest BCUT2D eigenvalue weighted by atomic mass is 28.4. The second-order valence-electron chi connectivity index (χ2n) is 9.65. The molecule has 7 nitrogen and oxygen atoms in total. The molecule has 0 unspecified atom stereocenters. The van der Waals surface area contributed by atoms with E-state index in [9.17, 15) is 9.59 Å². The molecule has 0 aliphatic rings. The van der Waals surface area contributed by atoms with Crippen LogP contribution in [0.3, 0.4) is 0 Å². The third-order valence-electron chi connectivity index (χ3n) is 4.85. The van der Waals surface area contributed by atoms with Crippen molar-refractivity contribution in [3.05, 3.63) is 29.3 Å². The minimum Gasteiger partial charge on any atom is -0.444 e. The topological polar surface area (TPSA) is 103 Å². The smallest absolute Gasteiger partial charge is 0.407 e. The van der Waals surface area contributed by atoms with Crippen LogP contribution in [0.15, 0.2) is 18.2 Å². The average molecular weight is 424 g/mol. The molecule has 4 N–H and O–H groups in total. The first-order chi connectivity index (χ1) is 13.1. The summed E-state index contributed by atoms with van der Waals surface area (Å²) in [6, 6.07) is 5.25. The average Bonchev–Trinajstić information content (AvgIpc) is 2.54. The molecule has 164 valence electrons. The van der Waals surface area contributed by atoms with E-state index < -0.39 is 20.0 Å². The van der Waals surface area contributed by atoms with Crippen LogP contribution in [0, 0.1) is 0 Å². The number of rotatable bonds is 7. The van der Waals surface area contributed by atoms with E-state index in [0.717, 1.165) is 5.56 Å². The summed E-state index contributed by atoms with van der Waals surface area (Å²) in [5.74, 6) is -0.253. The molecular weight excluding hydrogens is 386 g/mol. The van der Waals surface area contributed by atoms with Crippen molar-refractivity contribution in [1.82, 2.24) is 10.6 Å². The van der Waals surface area contributed by atoms with Crippen LogP contribution in [-0.4, -0.2) is 39.0 Å². The van der Waals surface area contributed by atoms with Gasteiger partial charge in [-0.15, -0.1) is 0 Å². The number of carbonyl (C=O) groups excluding carboxylic acids is 2. The lowest BCUT2D eigenvalue weighted by Crippen LogP contribution is -2.40. The SMILES string of the molecule is CC(C)(C)OC(=O)NCCNC(=O)c1cc(N)ccc1CO[Si](C)(C)C(C)(C)C. The zero-order chi connectivity index (χ0) is 22.5. The maximum absolute atomic E-state index is 12.7. The first kappa shape index (κ1) is 25.0. The predicted molar refractivity (Wildman–Crippen MR) is 119 cm³/mol. The van der Waals surface area contributed by atoms with Crippen LogP contribution in [0.25, 0.3) is 0 Å². The first-order valence-electron chi connectivity index (χ1n) is 9.90. The Labute approximate surface area is 175 Å². The molecule has 8 heteroatoms. The van der Waals surface area contributed by atoms with Crippen LogP contribution in [0.2, 0.25) is 18.1 Å². The van der Waals surface area contributed by atoms with Gasteiger partial charge in [0.15, 0.2) is 8.32 Å². The molecule has 0 heterocycles. The molecular formula is C21H37N3O4Si. The first-order valence-corrected chi connectivity index (χ1v) is 12.8. The van der Waals surface area contributed by atoms with E-state index in [-0.39, 0.29) is 24.0 Å². The van der Waals surface area contributed by atoms with Gasteiger partial charge in [0.2, 0.25) is 0 Å². The van der Waals surface area contributed by atoms with E-state index in [4.69, 9.17) is 14.9 Å². The molecule has 1 aromatic carbocycles. The predicted octanol–water partition coefficient (Wildman–Crippen LogP) is 4.05. The maximum atomic E-state index is 12.7. The summed E-state index contributed by atoms with van der Waals surface area (Å²) in [6.07, 6.45) is -0.515. The van der Waals surface area contributed by atoms with Crippen LogP contribution >= 0.6 is 0 Å². The van der Waals surface area contributed by atoms with Gasteiger partial charge in [0.25, 0.3) is 5.91 Å². The lowest BCUT2D eigenvalue weighted by molar-refractivity contribution is 0.0526. The molecule has 0 aliphatic heterocycles. The number of hydrogen-bond acceptors (Lipinski definition) is 5. The zero-order valence-corrected chi connectivity index (χ0v) is 20.1. The molecule has 0 saturated heterocycles. The van der Waals surface area contributed by atoms with E-state index in [0.29, 0.717) is 17.9 Å². The Kier molecular flexibility index (Phi) is 8.29. The molecule has 1 rings (SSSR count). The molecule has 0 aromatic heterocycles. The molecule has 1 aromatic rings. The van der Waals surface area contributed by atoms with Crippen molar-refractivity contribution in [2.24, 2.45) is 0 Å².